The molecule has 3 rings (SSSR count). The van der Waals surface area contributed by atoms with E-state index in [2.05, 4.69) is 114 Å². The van der Waals surface area contributed by atoms with E-state index >= 15 is 0 Å². The van der Waals surface area contributed by atoms with Gasteiger partial charge in [-0.2, -0.15) is 0 Å². The molecule has 0 N–H and O–H groups in total. The van der Waals surface area contributed by atoms with Gasteiger partial charge in [-0.05, 0) is 97.2 Å². The highest BCUT2D eigenvalue weighted by atomic mass is 16.5. The summed E-state index contributed by atoms with van der Waals surface area (Å²) in [4.78, 5) is 0. The van der Waals surface area contributed by atoms with E-state index in [1.54, 1.807) is 0 Å². The molecule has 0 saturated carbocycles. The molecule has 0 aliphatic carbocycles. The number of benzene rings is 3. The Labute approximate surface area is 419 Å². The number of aryl methyl sites for hydroxylation is 2. The molecule has 0 heterocycles. The van der Waals surface area contributed by atoms with Gasteiger partial charge in [0.1, 0.15) is 5.75 Å². The first kappa shape index (κ1) is 58.7. The molecule has 0 aliphatic heterocycles. The predicted octanol–water partition coefficient (Wildman–Crippen LogP) is 20.7. The maximum absolute atomic E-state index is 6.68. The predicted molar refractivity (Wildman–Crippen MR) is 299 cm³/mol. The van der Waals surface area contributed by atoms with Crippen molar-refractivity contribution in [1.82, 2.24) is 0 Å². The van der Waals surface area contributed by atoms with Crippen molar-refractivity contribution in [1.29, 1.82) is 0 Å². The third kappa shape index (κ3) is 27.5. The van der Waals surface area contributed by atoms with E-state index in [-0.39, 0.29) is 0 Å². The van der Waals surface area contributed by atoms with Crippen LogP contribution < -0.4 is 18.9 Å². The van der Waals surface area contributed by atoms with Gasteiger partial charge in [0.05, 0.1) is 26.4 Å². The molecule has 0 bridgehead atoms. The standard InChI is InChI=1S/C64H102O4/c1-7-11-15-18-21-24-27-30-33-36-48-65-61-53-60(46-44-58-41-39-57(40-42-58)43-45-59-51-55(5)63(56(6)52-59)67-47-14-10-4)54-62(66-49-37-34-31-28-25-22-19-16-12-8-2)64(61)68-50-38-35-32-29-26-23-20-17-13-9-3/h39-46,51-54H,7-38,47-50H2,1-6H3/b45-43+,46-44+. The summed E-state index contributed by atoms with van der Waals surface area (Å²) in [7, 11) is 0. The van der Waals surface area contributed by atoms with Gasteiger partial charge in [0.25, 0.3) is 0 Å². The fourth-order valence-corrected chi connectivity index (χ4v) is 9.09. The molecule has 0 amide bonds. The minimum Gasteiger partial charge on any atom is -0.493 e. The first-order valence-electron chi connectivity index (χ1n) is 28.8. The lowest BCUT2D eigenvalue weighted by Crippen LogP contribution is -2.07. The summed E-state index contributed by atoms with van der Waals surface area (Å²) in [5.41, 5.74) is 6.98. The van der Waals surface area contributed by atoms with Crippen LogP contribution in [0.15, 0.2) is 48.5 Å². The summed E-state index contributed by atoms with van der Waals surface area (Å²) in [6.45, 7) is 16.2. The molecule has 4 nitrogen and oxygen atoms in total. The van der Waals surface area contributed by atoms with Crippen molar-refractivity contribution in [3.8, 4) is 23.0 Å². The molecule has 0 fully saturated rings. The van der Waals surface area contributed by atoms with Gasteiger partial charge in [-0.15, -0.1) is 0 Å². The number of unbranched alkanes of at least 4 members (excludes halogenated alkanes) is 28. The Balaban J connectivity index is 1.72. The van der Waals surface area contributed by atoms with Gasteiger partial charge >= 0.3 is 0 Å². The van der Waals surface area contributed by atoms with Crippen molar-refractivity contribution >= 4 is 24.3 Å². The summed E-state index contributed by atoms with van der Waals surface area (Å²) in [6, 6.07) is 17.6. The van der Waals surface area contributed by atoms with Crippen molar-refractivity contribution in [3.05, 3.63) is 81.9 Å². The van der Waals surface area contributed by atoms with Crippen molar-refractivity contribution < 1.29 is 18.9 Å². The Bertz CT molecular complexity index is 1650. The van der Waals surface area contributed by atoms with Crippen LogP contribution >= 0.6 is 0 Å². The van der Waals surface area contributed by atoms with E-state index in [0.29, 0.717) is 19.8 Å². The molecular weight excluding hydrogens is 833 g/mol. The summed E-state index contributed by atoms with van der Waals surface area (Å²) in [5, 5.41) is 0. The van der Waals surface area contributed by atoms with Gasteiger partial charge in [0.15, 0.2) is 11.5 Å². The smallest absolute Gasteiger partial charge is 0.203 e. The summed E-state index contributed by atoms with van der Waals surface area (Å²) < 4.78 is 26.1. The van der Waals surface area contributed by atoms with Crippen LogP contribution in [-0.4, -0.2) is 26.4 Å². The van der Waals surface area contributed by atoms with Crippen molar-refractivity contribution in [2.75, 3.05) is 26.4 Å². The first-order chi connectivity index (χ1) is 33.5. The number of ether oxygens (including phenoxy) is 4. The average molecular weight is 936 g/mol. The molecule has 0 unspecified atom stereocenters. The Morgan fingerprint density at radius 1 is 0.279 bits per heavy atom. The van der Waals surface area contributed by atoms with Crippen molar-refractivity contribution in [3.63, 3.8) is 0 Å². The fourth-order valence-electron chi connectivity index (χ4n) is 9.09. The van der Waals surface area contributed by atoms with Gasteiger partial charge in [0, 0.05) is 0 Å². The van der Waals surface area contributed by atoms with Crippen molar-refractivity contribution in [2.45, 2.75) is 247 Å². The van der Waals surface area contributed by atoms with E-state index in [4.69, 9.17) is 18.9 Å². The van der Waals surface area contributed by atoms with E-state index < -0.39 is 0 Å². The molecule has 0 atom stereocenters. The molecule has 0 saturated heterocycles. The van der Waals surface area contributed by atoms with Crippen LogP contribution in [0.4, 0.5) is 0 Å². The maximum Gasteiger partial charge on any atom is 0.203 e. The molecule has 68 heavy (non-hydrogen) atoms. The third-order valence-electron chi connectivity index (χ3n) is 13.4. The quantitative estimate of drug-likeness (QED) is 0.0418. The largest absolute Gasteiger partial charge is 0.493 e. The van der Waals surface area contributed by atoms with E-state index in [1.165, 1.54) is 196 Å². The molecule has 4 heteroatoms. The molecule has 0 aromatic heterocycles. The van der Waals surface area contributed by atoms with Gasteiger partial charge in [-0.3, -0.25) is 0 Å². The Morgan fingerprint density at radius 2 is 0.544 bits per heavy atom. The SMILES string of the molecule is CCCCCCCCCCCCOc1cc(/C=C/c2ccc(/C=C/c3cc(C)c(OCCCC)c(C)c3)cc2)cc(OCCCCCCCCCCCC)c1OCCCCCCCCCCCC. The zero-order chi connectivity index (χ0) is 48.5. The van der Waals surface area contributed by atoms with Crippen LogP contribution in [0.25, 0.3) is 24.3 Å². The van der Waals surface area contributed by atoms with Gasteiger partial charge in [-0.25, -0.2) is 0 Å². The lowest BCUT2D eigenvalue weighted by Gasteiger charge is -2.18. The second-order valence-corrected chi connectivity index (χ2v) is 20.0. The summed E-state index contributed by atoms with van der Waals surface area (Å²) in [6.07, 6.45) is 50.3. The topological polar surface area (TPSA) is 36.9 Å². The number of hydrogen-bond donors (Lipinski definition) is 0. The molecule has 382 valence electrons. The molecule has 0 radical (unpaired) electrons. The second kappa shape index (κ2) is 40.1. The number of hydrogen-bond acceptors (Lipinski definition) is 4. The summed E-state index contributed by atoms with van der Waals surface area (Å²) in [5.74, 6) is 3.45. The lowest BCUT2D eigenvalue weighted by atomic mass is 10.0. The zero-order valence-corrected chi connectivity index (χ0v) is 45.0. The van der Waals surface area contributed by atoms with Gasteiger partial charge in [-0.1, -0.05) is 256 Å². The Kier molecular flexibility index (Phi) is 34.6. The maximum atomic E-state index is 6.68. The first-order valence-corrected chi connectivity index (χ1v) is 28.8. The molecular formula is C64H102O4. The highest BCUT2D eigenvalue weighted by Crippen LogP contribution is 2.40. The van der Waals surface area contributed by atoms with Gasteiger partial charge < -0.3 is 18.9 Å². The van der Waals surface area contributed by atoms with E-state index in [9.17, 15) is 0 Å². The summed E-state index contributed by atoms with van der Waals surface area (Å²) >= 11 is 0. The van der Waals surface area contributed by atoms with Crippen LogP contribution in [-0.2, 0) is 0 Å². The molecule has 0 aliphatic rings. The zero-order valence-electron chi connectivity index (χ0n) is 45.0. The molecule has 3 aromatic rings. The van der Waals surface area contributed by atoms with Gasteiger partial charge in [0.2, 0.25) is 5.75 Å². The molecule has 3 aromatic carbocycles. The van der Waals surface area contributed by atoms with Crippen LogP contribution in [0.3, 0.4) is 0 Å². The normalized spacial score (nSPS) is 11.6. The lowest BCUT2D eigenvalue weighted by molar-refractivity contribution is 0.234. The highest BCUT2D eigenvalue weighted by Gasteiger charge is 2.16. The fraction of sp³-hybridized carbons (Fsp3) is 0.656. The van der Waals surface area contributed by atoms with E-state index in [1.807, 2.05) is 0 Å². The Morgan fingerprint density at radius 3 is 0.897 bits per heavy atom. The van der Waals surface area contributed by atoms with Crippen molar-refractivity contribution in [2.24, 2.45) is 0 Å². The molecule has 0 spiro atoms. The highest BCUT2D eigenvalue weighted by molar-refractivity contribution is 5.75. The van der Waals surface area contributed by atoms with E-state index in [0.717, 1.165) is 72.8 Å². The van der Waals surface area contributed by atoms with Crippen LogP contribution in [0.5, 0.6) is 23.0 Å². The monoisotopic (exact) mass is 935 g/mol. The average Bonchev–Trinajstić information content (AvgIpc) is 3.34. The minimum atomic E-state index is 0.688. The third-order valence-corrected chi connectivity index (χ3v) is 13.4. The Hall–Kier alpha value is -3.66. The minimum absolute atomic E-state index is 0.688. The second-order valence-electron chi connectivity index (χ2n) is 20.0. The van der Waals surface area contributed by atoms with Crippen LogP contribution in [0.1, 0.15) is 267 Å². The number of rotatable bonds is 44. The van der Waals surface area contributed by atoms with Crippen LogP contribution in [0, 0.1) is 13.8 Å². The van der Waals surface area contributed by atoms with Crippen LogP contribution in [0.2, 0.25) is 0 Å².